The molecule has 0 spiro atoms. The molecule has 0 aromatic carbocycles. The molecule has 0 heterocycles. The van der Waals surface area contributed by atoms with Crippen molar-refractivity contribution in [2.24, 2.45) is 17.1 Å². The molecular weight excluding hydrogens is 231 g/mol. The minimum Gasteiger partial charge on any atom is -0.389 e. The first-order valence-corrected chi connectivity index (χ1v) is 6.18. The summed E-state index contributed by atoms with van der Waals surface area (Å²) >= 11 is 0. The van der Waals surface area contributed by atoms with Crippen LogP contribution >= 0.6 is 0 Å². The van der Waals surface area contributed by atoms with E-state index in [0.717, 1.165) is 0 Å². The van der Waals surface area contributed by atoms with Crippen LogP contribution in [0.3, 0.4) is 0 Å². The Bertz CT molecular complexity index is 263. The van der Waals surface area contributed by atoms with Gasteiger partial charge in [-0.05, 0) is 32.1 Å². The van der Waals surface area contributed by atoms with E-state index in [1.54, 1.807) is 6.92 Å². The van der Waals surface area contributed by atoms with E-state index in [1.807, 2.05) is 6.92 Å². The SMILES string of the molecule is CCC(C)(CN)C1(O)CCCC(C(F)(F)F)C1. The molecular formula is C12H22F3NO. The smallest absolute Gasteiger partial charge is 0.389 e. The normalized spacial score (nSPS) is 34.4. The molecule has 0 aromatic heterocycles. The van der Waals surface area contributed by atoms with E-state index >= 15 is 0 Å². The molecule has 1 aliphatic rings. The second kappa shape index (κ2) is 4.76. The van der Waals surface area contributed by atoms with Gasteiger partial charge in [0, 0.05) is 12.0 Å². The Kier molecular flexibility index (Phi) is 4.14. The van der Waals surface area contributed by atoms with Gasteiger partial charge < -0.3 is 10.8 Å². The third-order valence-corrected chi connectivity index (χ3v) is 4.54. The van der Waals surface area contributed by atoms with Gasteiger partial charge in [-0.15, -0.1) is 0 Å². The molecule has 0 saturated heterocycles. The molecule has 0 aromatic rings. The summed E-state index contributed by atoms with van der Waals surface area (Å²) in [5.74, 6) is -1.39. The summed E-state index contributed by atoms with van der Waals surface area (Å²) in [5, 5.41) is 10.5. The van der Waals surface area contributed by atoms with Crippen molar-refractivity contribution in [1.82, 2.24) is 0 Å². The van der Waals surface area contributed by atoms with Crippen LogP contribution in [0.15, 0.2) is 0 Å². The Morgan fingerprint density at radius 2 is 2.00 bits per heavy atom. The van der Waals surface area contributed by atoms with Gasteiger partial charge in [-0.1, -0.05) is 13.8 Å². The third-order valence-electron chi connectivity index (χ3n) is 4.54. The molecule has 102 valence electrons. The maximum absolute atomic E-state index is 12.7. The molecule has 1 aliphatic carbocycles. The first-order chi connectivity index (χ1) is 7.68. The highest BCUT2D eigenvalue weighted by Gasteiger charge is 2.53. The molecule has 0 amide bonds. The van der Waals surface area contributed by atoms with E-state index in [4.69, 9.17) is 5.73 Å². The standard InChI is InChI=1S/C12H22F3NO/c1-3-10(2,8-16)11(17)6-4-5-9(7-11)12(13,14)15/h9,17H,3-8,16H2,1-2H3. The highest BCUT2D eigenvalue weighted by molar-refractivity contribution is 5.00. The van der Waals surface area contributed by atoms with Crippen molar-refractivity contribution < 1.29 is 18.3 Å². The number of aliphatic hydroxyl groups is 1. The Labute approximate surface area is 100 Å². The quantitative estimate of drug-likeness (QED) is 0.812. The van der Waals surface area contributed by atoms with Gasteiger partial charge in [0.15, 0.2) is 0 Å². The second-order valence-electron chi connectivity index (χ2n) is 5.48. The lowest BCUT2D eigenvalue weighted by atomic mass is 9.62. The molecule has 1 saturated carbocycles. The molecule has 0 radical (unpaired) electrons. The number of halogens is 3. The van der Waals surface area contributed by atoms with Crippen molar-refractivity contribution in [3.63, 3.8) is 0 Å². The molecule has 17 heavy (non-hydrogen) atoms. The predicted molar refractivity (Wildman–Crippen MR) is 60.4 cm³/mol. The maximum Gasteiger partial charge on any atom is 0.391 e. The Hall–Kier alpha value is -0.290. The van der Waals surface area contributed by atoms with Crippen LogP contribution in [0.2, 0.25) is 0 Å². The van der Waals surface area contributed by atoms with Gasteiger partial charge in [0.25, 0.3) is 0 Å². The molecule has 5 heteroatoms. The van der Waals surface area contributed by atoms with E-state index in [2.05, 4.69) is 0 Å². The topological polar surface area (TPSA) is 46.2 Å². The summed E-state index contributed by atoms with van der Waals surface area (Å²) < 4.78 is 38.2. The minimum absolute atomic E-state index is 0.121. The highest BCUT2D eigenvalue weighted by Crippen LogP contribution is 2.49. The molecule has 3 unspecified atom stereocenters. The lowest BCUT2D eigenvalue weighted by molar-refractivity contribution is -0.215. The lowest BCUT2D eigenvalue weighted by Crippen LogP contribution is -2.54. The van der Waals surface area contributed by atoms with Crippen LogP contribution in [0.5, 0.6) is 0 Å². The van der Waals surface area contributed by atoms with E-state index in [0.29, 0.717) is 19.3 Å². The van der Waals surface area contributed by atoms with Gasteiger partial charge in [0.1, 0.15) is 0 Å². The third kappa shape index (κ3) is 2.76. The number of rotatable bonds is 3. The Balaban J connectivity index is 2.90. The zero-order valence-corrected chi connectivity index (χ0v) is 10.5. The van der Waals surface area contributed by atoms with Gasteiger partial charge >= 0.3 is 6.18 Å². The largest absolute Gasteiger partial charge is 0.391 e. The first-order valence-electron chi connectivity index (χ1n) is 6.18. The van der Waals surface area contributed by atoms with Crippen LogP contribution in [0.25, 0.3) is 0 Å². The summed E-state index contributed by atoms with van der Waals surface area (Å²) in [4.78, 5) is 0. The zero-order chi connectivity index (χ0) is 13.3. The number of nitrogens with two attached hydrogens (primary N) is 1. The lowest BCUT2D eigenvalue weighted by Gasteiger charge is -2.49. The number of alkyl halides is 3. The van der Waals surface area contributed by atoms with Crippen LogP contribution < -0.4 is 5.73 Å². The Morgan fingerprint density at radius 1 is 1.41 bits per heavy atom. The van der Waals surface area contributed by atoms with Gasteiger partial charge in [0.05, 0.1) is 11.5 Å². The van der Waals surface area contributed by atoms with Gasteiger partial charge in [-0.25, -0.2) is 0 Å². The van der Waals surface area contributed by atoms with Crippen LogP contribution in [0, 0.1) is 11.3 Å². The molecule has 3 N–H and O–H groups in total. The summed E-state index contributed by atoms with van der Waals surface area (Å²) in [5.41, 5.74) is 3.74. The first kappa shape index (κ1) is 14.8. The van der Waals surface area contributed by atoms with Crippen LogP contribution in [0.1, 0.15) is 46.0 Å². The van der Waals surface area contributed by atoms with Crippen molar-refractivity contribution in [2.45, 2.75) is 57.7 Å². The van der Waals surface area contributed by atoms with E-state index in [-0.39, 0.29) is 19.4 Å². The summed E-state index contributed by atoms with van der Waals surface area (Å²) in [6, 6.07) is 0. The summed E-state index contributed by atoms with van der Waals surface area (Å²) in [6.07, 6.45) is -2.88. The fourth-order valence-electron chi connectivity index (χ4n) is 2.74. The molecule has 0 aliphatic heterocycles. The van der Waals surface area contributed by atoms with Crippen molar-refractivity contribution in [1.29, 1.82) is 0 Å². The summed E-state index contributed by atoms with van der Waals surface area (Å²) in [6.45, 7) is 3.86. The van der Waals surface area contributed by atoms with E-state index in [1.165, 1.54) is 0 Å². The molecule has 2 nitrogen and oxygen atoms in total. The zero-order valence-electron chi connectivity index (χ0n) is 10.5. The maximum atomic E-state index is 12.7. The minimum atomic E-state index is -4.21. The number of hydrogen-bond acceptors (Lipinski definition) is 2. The van der Waals surface area contributed by atoms with E-state index in [9.17, 15) is 18.3 Å². The van der Waals surface area contributed by atoms with Crippen molar-refractivity contribution in [3.05, 3.63) is 0 Å². The van der Waals surface area contributed by atoms with Gasteiger partial charge in [-0.3, -0.25) is 0 Å². The molecule has 3 atom stereocenters. The van der Waals surface area contributed by atoms with Gasteiger partial charge in [-0.2, -0.15) is 13.2 Å². The van der Waals surface area contributed by atoms with Crippen LogP contribution in [-0.4, -0.2) is 23.4 Å². The summed E-state index contributed by atoms with van der Waals surface area (Å²) in [7, 11) is 0. The molecule has 0 bridgehead atoms. The van der Waals surface area contributed by atoms with Gasteiger partial charge in [0.2, 0.25) is 0 Å². The second-order valence-corrected chi connectivity index (χ2v) is 5.48. The predicted octanol–water partition coefficient (Wildman–Crippen LogP) is 2.85. The van der Waals surface area contributed by atoms with Crippen molar-refractivity contribution in [3.8, 4) is 0 Å². The molecule has 1 fully saturated rings. The Morgan fingerprint density at radius 3 is 2.41 bits per heavy atom. The average molecular weight is 253 g/mol. The van der Waals surface area contributed by atoms with Crippen LogP contribution in [-0.2, 0) is 0 Å². The van der Waals surface area contributed by atoms with Crippen molar-refractivity contribution in [2.75, 3.05) is 6.54 Å². The number of hydrogen-bond donors (Lipinski definition) is 2. The van der Waals surface area contributed by atoms with E-state index < -0.39 is 23.1 Å². The highest BCUT2D eigenvalue weighted by atomic mass is 19.4. The fraction of sp³-hybridized carbons (Fsp3) is 1.00. The average Bonchev–Trinajstić information content (AvgIpc) is 2.26. The van der Waals surface area contributed by atoms with Crippen LogP contribution in [0.4, 0.5) is 13.2 Å². The molecule has 1 rings (SSSR count). The van der Waals surface area contributed by atoms with Crippen molar-refractivity contribution >= 4 is 0 Å². The fourth-order valence-corrected chi connectivity index (χ4v) is 2.74. The monoisotopic (exact) mass is 253 g/mol.